The van der Waals surface area contributed by atoms with E-state index < -0.39 is 0 Å². The molecule has 0 amide bonds. The van der Waals surface area contributed by atoms with Crippen LogP contribution in [0, 0.1) is 0 Å². The van der Waals surface area contributed by atoms with E-state index in [0.29, 0.717) is 0 Å². The maximum absolute atomic E-state index is 4.60. The molecule has 1 nitrogen and oxygen atoms in total. The first-order valence-corrected chi connectivity index (χ1v) is 1.34. The molecule has 0 heterocycles. The number of rotatable bonds is 0. The van der Waals surface area contributed by atoms with Crippen LogP contribution in [-0.4, -0.2) is 5.16 Å². The smallest absolute Gasteiger partial charge is 1.00 e. The monoisotopic (exact) mass is 117 g/mol. The van der Waals surface area contributed by atoms with Gasteiger partial charge >= 0.3 is 29.6 Å². The third-order valence-corrected chi connectivity index (χ3v) is 0.311. The Bertz CT molecular complexity index is 53.5. The third kappa shape index (κ3) is 11.1. The van der Waals surface area contributed by atoms with Gasteiger partial charge in [0, 0.05) is 11.8 Å². The number of nitrogens with zero attached hydrogens (tertiary/aromatic N) is 1. The van der Waals surface area contributed by atoms with E-state index in [1.807, 2.05) is 5.16 Å². The zero-order chi connectivity index (χ0) is 3.41. The van der Waals surface area contributed by atoms with Crippen LogP contribution in [-0.2, 0) is 0 Å². The number of isothiocyanates is 1. The van der Waals surface area contributed by atoms with Crippen LogP contribution in [0.2, 0.25) is 0 Å². The van der Waals surface area contributed by atoms with Crippen LogP contribution in [0.5, 0.6) is 0 Å². The predicted octanol–water partition coefficient (Wildman–Crippen LogP) is -1.64. The second-order valence-corrected chi connectivity index (χ2v) is 0.527. The summed E-state index contributed by atoms with van der Waals surface area (Å²) < 4.78 is 2.77. The Morgan fingerprint density at radius 1 is 2.00 bits per heavy atom. The van der Waals surface area contributed by atoms with Crippen LogP contribution in [0.4, 0.5) is 0 Å². The van der Waals surface area contributed by atoms with Crippen LogP contribution in [0.3, 0.4) is 0 Å². The summed E-state index contributed by atoms with van der Waals surface area (Å²) >= 11 is 8.60. The minimum Gasteiger partial charge on any atom is -1.00 e. The van der Waals surface area contributed by atoms with Gasteiger partial charge in [-0.3, -0.25) is 0 Å². The van der Waals surface area contributed by atoms with Crippen molar-refractivity contribution in [3.05, 3.63) is 0 Å². The van der Waals surface area contributed by atoms with Crippen molar-refractivity contribution < 1.29 is 31.0 Å². The van der Waals surface area contributed by atoms with Crippen LogP contribution in [0.15, 0.2) is 4.51 Å². The SMILES string of the molecule is S=C=NCl.[H-].[Na+]. The molecule has 0 spiro atoms. The Labute approximate surface area is 64.3 Å². The maximum atomic E-state index is 4.60. The van der Waals surface area contributed by atoms with E-state index in [4.69, 9.17) is 0 Å². The Morgan fingerprint density at radius 2 is 2.20 bits per heavy atom. The topological polar surface area (TPSA) is 12.4 Å². The summed E-state index contributed by atoms with van der Waals surface area (Å²) in [7, 11) is 0. The summed E-state index contributed by atoms with van der Waals surface area (Å²) in [5.41, 5.74) is 0. The maximum Gasteiger partial charge on any atom is 1.00 e. The minimum atomic E-state index is 0. The first kappa shape index (κ1) is 9.43. The van der Waals surface area contributed by atoms with E-state index in [9.17, 15) is 0 Å². The summed E-state index contributed by atoms with van der Waals surface area (Å²) in [6.07, 6.45) is 0. The van der Waals surface area contributed by atoms with Crippen molar-refractivity contribution >= 4 is 29.2 Å². The first-order valence-electron chi connectivity index (χ1n) is 0.597. The van der Waals surface area contributed by atoms with E-state index in [-0.39, 0.29) is 31.0 Å². The summed E-state index contributed by atoms with van der Waals surface area (Å²) in [5, 5.41) is 1.90. The normalized spacial score (nSPS) is 3.40. The molecule has 5 heavy (non-hydrogen) atoms. The van der Waals surface area contributed by atoms with Gasteiger partial charge in [-0.05, 0) is 12.2 Å². The Morgan fingerprint density at radius 3 is 2.20 bits per heavy atom. The largest absolute Gasteiger partial charge is 1.00 e. The molecule has 0 fully saturated rings. The molecule has 0 bridgehead atoms. The standard InChI is InChI=1S/CClNS.Na.H/c2-3-1-4;;/q;+1;-1. The molecule has 0 saturated carbocycles. The molecule has 0 aromatic rings. The van der Waals surface area contributed by atoms with Crippen molar-refractivity contribution in [2.75, 3.05) is 0 Å². The van der Waals surface area contributed by atoms with Gasteiger partial charge in [-0.1, -0.05) is 0 Å². The van der Waals surface area contributed by atoms with Crippen molar-refractivity contribution in [2.24, 2.45) is 4.51 Å². The zero-order valence-corrected chi connectivity index (χ0v) is 6.31. The first-order chi connectivity index (χ1) is 1.91. The second-order valence-electron chi connectivity index (χ2n) is 0.176. The summed E-state index contributed by atoms with van der Waals surface area (Å²) in [6.45, 7) is 0. The third-order valence-electron chi connectivity index (χ3n) is 0.0345. The number of halogens is 1. The number of thiocarbonyl (C=S) groups is 1. The van der Waals surface area contributed by atoms with E-state index in [1.54, 1.807) is 0 Å². The molecule has 0 aromatic heterocycles. The fourth-order valence-electron chi connectivity index (χ4n) is 0. The molecule has 0 atom stereocenters. The van der Waals surface area contributed by atoms with Gasteiger partial charge < -0.3 is 1.43 Å². The molecular weight excluding hydrogens is 117 g/mol. The molecule has 24 valence electrons. The fraction of sp³-hybridized carbons (Fsp3) is 0. The molecule has 0 radical (unpaired) electrons. The molecular formula is CHClNNaS. The van der Waals surface area contributed by atoms with Gasteiger partial charge in [-0.2, -0.15) is 0 Å². The molecule has 0 aliphatic heterocycles. The molecule has 0 saturated heterocycles. The van der Waals surface area contributed by atoms with Crippen LogP contribution in [0.1, 0.15) is 1.43 Å². The number of hydrogen-bond acceptors (Lipinski definition) is 2. The average Bonchev–Trinajstić information content (AvgIpc) is 1.37. The van der Waals surface area contributed by atoms with Gasteiger partial charge in [-0.15, -0.1) is 4.51 Å². The van der Waals surface area contributed by atoms with Crippen LogP contribution >= 0.6 is 24.0 Å². The molecule has 0 aliphatic carbocycles. The van der Waals surface area contributed by atoms with Gasteiger partial charge in [-0.25, -0.2) is 0 Å². The van der Waals surface area contributed by atoms with Crippen molar-refractivity contribution in [1.29, 1.82) is 0 Å². The van der Waals surface area contributed by atoms with Gasteiger partial charge in [0.15, 0.2) is 0 Å². The Balaban J connectivity index is -0.0000000450. The van der Waals surface area contributed by atoms with Crippen molar-refractivity contribution in [1.82, 2.24) is 0 Å². The van der Waals surface area contributed by atoms with Crippen LogP contribution in [0.25, 0.3) is 0 Å². The van der Waals surface area contributed by atoms with E-state index in [0.717, 1.165) is 0 Å². The summed E-state index contributed by atoms with van der Waals surface area (Å²) in [5.74, 6) is 0. The zero-order valence-electron chi connectivity index (χ0n) is 3.73. The van der Waals surface area contributed by atoms with E-state index in [1.165, 1.54) is 0 Å². The second kappa shape index (κ2) is 8.92. The van der Waals surface area contributed by atoms with Gasteiger partial charge in [0.25, 0.3) is 0 Å². The van der Waals surface area contributed by atoms with Gasteiger partial charge in [0.05, 0.1) is 5.16 Å². The van der Waals surface area contributed by atoms with Crippen molar-refractivity contribution in [3.8, 4) is 0 Å². The van der Waals surface area contributed by atoms with Gasteiger partial charge in [0.1, 0.15) is 0 Å². The van der Waals surface area contributed by atoms with Crippen LogP contribution < -0.4 is 29.6 Å². The quantitative estimate of drug-likeness (QED) is 0.211. The molecule has 0 rings (SSSR count). The molecule has 4 heteroatoms. The van der Waals surface area contributed by atoms with E-state index >= 15 is 0 Å². The van der Waals surface area contributed by atoms with E-state index in [2.05, 4.69) is 28.5 Å². The van der Waals surface area contributed by atoms with Crippen molar-refractivity contribution in [3.63, 3.8) is 0 Å². The Kier molecular flexibility index (Phi) is 16.8. The molecule has 0 aromatic carbocycles. The minimum absolute atomic E-state index is 0. The predicted molar refractivity (Wildman–Crippen MR) is 22.0 cm³/mol. The molecule has 0 unspecified atom stereocenters. The number of hydrogen-bond donors (Lipinski definition) is 0. The summed E-state index contributed by atoms with van der Waals surface area (Å²) in [6, 6.07) is 0. The average molecular weight is 118 g/mol. The fourth-order valence-corrected chi connectivity index (χ4v) is 0. The van der Waals surface area contributed by atoms with Gasteiger partial charge in [0.2, 0.25) is 0 Å². The summed E-state index contributed by atoms with van der Waals surface area (Å²) in [4.78, 5) is 0. The molecule has 0 N–H and O–H groups in total. The molecule has 0 aliphatic rings. The Hall–Kier alpha value is 1.09. The van der Waals surface area contributed by atoms with Crippen molar-refractivity contribution in [2.45, 2.75) is 0 Å².